The Hall–Kier alpha value is -2.56. The highest BCUT2D eigenvalue weighted by Crippen LogP contribution is 2.35. The molecule has 0 saturated carbocycles. The SMILES string of the molecule is O=C(N[C@@H]1CCOC1)C1CCN(c2nc3cc(Cl)c(Cl)cc3n2-c2cccc(C(F)(F)F)n2)CC1. The van der Waals surface area contributed by atoms with Gasteiger partial charge < -0.3 is 15.0 Å². The van der Waals surface area contributed by atoms with E-state index in [4.69, 9.17) is 27.9 Å². The van der Waals surface area contributed by atoms with Crippen molar-refractivity contribution in [1.82, 2.24) is 19.9 Å². The van der Waals surface area contributed by atoms with E-state index in [2.05, 4.69) is 15.3 Å². The number of amides is 1. The van der Waals surface area contributed by atoms with Gasteiger partial charge in [-0.25, -0.2) is 9.97 Å². The van der Waals surface area contributed by atoms with Gasteiger partial charge in [0.1, 0.15) is 11.5 Å². The van der Waals surface area contributed by atoms with Gasteiger partial charge in [-0.3, -0.25) is 9.36 Å². The molecule has 1 amide bonds. The van der Waals surface area contributed by atoms with Crippen molar-refractivity contribution in [2.45, 2.75) is 31.5 Å². The number of aromatic nitrogens is 3. The van der Waals surface area contributed by atoms with Crippen LogP contribution in [0.25, 0.3) is 16.9 Å². The van der Waals surface area contributed by atoms with Crippen LogP contribution in [0.1, 0.15) is 25.0 Å². The summed E-state index contributed by atoms with van der Waals surface area (Å²) in [5.74, 6) is 0.344. The van der Waals surface area contributed by atoms with E-state index in [9.17, 15) is 18.0 Å². The molecule has 0 unspecified atom stereocenters. The fourth-order valence-corrected chi connectivity index (χ4v) is 4.83. The van der Waals surface area contributed by atoms with Gasteiger partial charge >= 0.3 is 6.18 Å². The molecule has 7 nitrogen and oxygen atoms in total. The van der Waals surface area contributed by atoms with E-state index in [1.165, 1.54) is 12.1 Å². The Morgan fingerprint density at radius 1 is 1.09 bits per heavy atom. The molecular formula is C23H22Cl2F3N5O2. The minimum atomic E-state index is -4.59. The average Bonchev–Trinajstić information content (AvgIpc) is 3.47. The van der Waals surface area contributed by atoms with E-state index in [-0.39, 0.29) is 28.7 Å². The number of nitrogens with zero attached hydrogens (tertiary/aromatic N) is 4. The van der Waals surface area contributed by atoms with Crippen LogP contribution in [0.5, 0.6) is 0 Å². The first-order valence-electron chi connectivity index (χ1n) is 11.3. The lowest BCUT2D eigenvalue weighted by atomic mass is 9.95. The number of carbonyl (C=O) groups is 1. The number of carbonyl (C=O) groups excluding carboxylic acids is 1. The van der Waals surface area contributed by atoms with Crippen molar-refractivity contribution < 1.29 is 22.7 Å². The van der Waals surface area contributed by atoms with Gasteiger partial charge in [-0.05, 0) is 43.5 Å². The highest BCUT2D eigenvalue weighted by atomic mass is 35.5. The van der Waals surface area contributed by atoms with Crippen molar-refractivity contribution in [3.05, 3.63) is 46.1 Å². The molecule has 5 rings (SSSR count). The van der Waals surface area contributed by atoms with Crippen molar-refractivity contribution in [3.8, 4) is 5.82 Å². The van der Waals surface area contributed by atoms with Crippen LogP contribution in [0.2, 0.25) is 10.0 Å². The number of pyridine rings is 1. The summed E-state index contributed by atoms with van der Waals surface area (Å²) >= 11 is 12.4. The molecule has 2 aliphatic rings. The number of rotatable bonds is 4. The fourth-order valence-electron chi connectivity index (χ4n) is 4.51. The Bertz CT molecular complexity index is 1250. The Morgan fingerprint density at radius 2 is 1.83 bits per heavy atom. The Kier molecular flexibility index (Phi) is 6.54. The van der Waals surface area contributed by atoms with E-state index >= 15 is 0 Å². The van der Waals surface area contributed by atoms with Crippen LogP contribution < -0.4 is 10.2 Å². The number of imidazole rings is 1. The molecule has 1 atom stereocenters. The largest absolute Gasteiger partial charge is 0.433 e. The molecule has 0 aliphatic carbocycles. The maximum Gasteiger partial charge on any atom is 0.433 e. The number of hydrogen-bond donors (Lipinski definition) is 1. The first-order chi connectivity index (χ1) is 16.7. The smallest absolute Gasteiger partial charge is 0.379 e. The molecule has 186 valence electrons. The van der Waals surface area contributed by atoms with Crippen molar-refractivity contribution in [1.29, 1.82) is 0 Å². The van der Waals surface area contributed by atoms with Crippen LogP contribution >= 0.6 is 23.2 Å². The van der Waals surface area contributed by atoms with Crippen LogP contribution in [-0.2, 0) is 15.7 Å². The van der Waals surface area contributed by atoms with Crippen LogP contribution in [0.3, 0.4) is 0 Å². The zero-order valence-corrected chi connectivity index (χ0v) is 20.0. The van der Waals surface area contributed by atoms with E-state index in [0.717, 1.165) is 12.5 Å². The van der Waals surface area contributed by atoms with Crippen LogP contribution in [0, 0.1) is 5.92 Å². The summed E-state index contributed by atoms with van der Waals surface area (Å²) in [6.07, 6.45) is -2.62. The van der Waals surface area contributed by atoms with Crippen LogP contribution in [-0.4, -0.2) is 52.8 Å². The molecule has 0 bridgehead atoms. The predicted molar refractivity (Wildman–Crippen MR) is 126 cm³/mol. The van der Waals surface area contributed by atoms with Gasteiger partial charge in [-0.15, -0.1) is 0 Å². The van der Waals surface area contributed by atoms with Crippen LogP contribution in [0.15, 0.2) is 30.3 Å². The third-order valence-electron chi connectivity index (χ3n) is 6.36. The third kappa shape index (κ3) is 4.92. The van der Waals surface area contributed by atoms with Gasteiger partial charge in [-0.2, -0.15) is 13.2 Å². The number of piperidine rings is 1. The zero-order valence-electron chi connectivity index (χ0n) is 18.5. The number of alkyl halides is 3. The number of anilines is 1. The zero-order chi connectivity index (χ0) is 24.7. The fraction of sp³-hybridized carbons (Fsp3) is 0.435. The van der Waals surface area contributed by atoms with Gasteiger partial charge in [-0.1, -0.05) is 29.3 Å². The van der Waals surface area contributed by atoms with Crippen LogP contribution in [0.4, 0.5) is 19.1 Å². The molecule has 0 spiro atoms. The third-order valence-corrected chi connectivity index (χ3v) is 7.08. The standard InChI is InChI=1S/C23H22Cl2F3N5O2/c24-15-10-17-18(11-16(15)25)33(20-3-1-2-19(31-20)23(26,27)28)22(30-17)32-7-4-13(5-8-32)21(34)29-14-6-9-35-12-14/h1-3,10-11,13-14H,4-9,12H2,(H,29,34)/t14-/m1/s1. The van der Waals surface area contributed by atoms with Crippen molar-refractivity contribution >= 4 is 46.1 Å². The van der Waals surface area contributed by atoms with Crippen molar-refractivity contribution in [2.75, 3.05) is 31.2 Å². The monoisotopic (exact) mass is 527 g/mol. The maximum atomic E-state index is 13.4. The first kappa shape index (κ1) is 24.1. The summed E-state index contributed by atoms with van der Waals surface area (Å²) in [5.41, 5.74) is -0.0360. The summed E-state index contributed by atoms with van der Waals surface area (Å²) in [5, 5.41) is 3.59. The van der Waals surface area contributed by atoms with Crippen molar-refractivity contribution in [3.63, 3.8) is 0 Å². The minimum absolute atomic E-state index is 0.00626. The topological polar surface area (TPSA) is 72.3 Å². The second kappa shape index (κ2) is 9.48. The second-order valence-electron chi connectivity index (χ2n) is 8.71. The molecule has 4 heterocycles. The normalized spacial score (nSPS) is 19.5. The van der Waals surface area contributed by atoms with Gasteiger partial charge in [0, 0.05) is 25.6 Å². The molecule has 2 fully saturated rings. The summed E-state index contributed by atoms with van der Waals surface area (Å²) in [4.78, 5) is 23.2. The molecular weight excluding hydrogens is 506 g/mol. The molecule has 2 aliphatic heterocycles. The quantitative estimate of drug-likeness (QED) is 0.524. The molecule has 2 aromatic heterocycles. The van der Waals surface area contributed by atoms with Gasteiger partial charge in [0.15, 0.2) is 0 Å². The average molecular weight is 528 g/mol. The Labute approximate surface area is 209 Å². The van der Waals surface area contributed by atoms with Gasteiger partial charge in [0.05, 0.1) is 33.7 Å². The molecule has 1 N–H and O–H groups in total. The number of benzene rings is 1. The maximum absolute atomic E-state index is 13.4. The molecule has 2 saturated heterocycles. The Morgan fingerprint density at radius 3 is 2.51 bits per heavy atom. The van der Waals surface area contributed by atoms with E-state index < -0.39 is 11.9 Å². The highest BCUT2D eigenvalue weighted by Gasteiger charge is 2.34. The van der Waals surface area contributed by atoms with Crippen molar-refractivity contribution in [2.24, 2.45) is 5.92 Å². The highest BCUT2D eigenvalue weighted by molar-refractivity contribution is 6.42. The summed E-state index contributed by atoms with van der Waals surface area (Å²) in [7, 11) is 0. The second-order valence-corrected chi connectivity index (χ2v) is 9.53. The molecule has 1 aromatic carbocycles. The number of nitrogens with one attached hydrogen (secondary N) is 1. The van der Waals surface area contributed by atoms with Gasteiger partial charge in [0.25, 0.3) is 0 Å². The number of halogens is 5. The minimum Gasteiger partial charge on any atom is -0.379 e. The molecule has 3 aromatic rings. The molecule has 12 heteroatoms. The summed E-state index contributed by atoms with van der Waals surface area (Å²) < 4.78 is 47.0. The number of fused-ring (bicyclic) bond motifs is 1. The van der Waals surface area contributed by atoms with E-state index in [1.807, 2.05) is 4.90 Å². The Balaban J connectivity index is 1.46. The van der Waals surface area contributed by atoms with E-state index in [1.54, 1.807) is 16.7 Å². The molecule has 0 radical (unpaired) electrons. The summed E-state index contributed by atoms with van der Waals surface area (Å²) in [6.45, 7) is 2.19. The number of ether oxygens (including phenoxy) is 1. The summed E-state index contributed by atoms with van der Waals surface area (Å²) in [6, 6.07) is 6.92. The lowest BCUT2D eigenvalue weighted by Gasteiger charge is -2.32. The lowest BCUT2D eigenvalue weighted by molar-refractivity contribution is -0.141. The van der Waals surface area contributed by atoms with Gasteiger partial charge in [0.2, 0.25) is 11.9 Å². The molecule has 35 heavy (non-hydrogen) atoms. The predicted octanol–water partition coefficient (Wildman–Crippen LogP) is 4.87. The van der Waals surface area contributed by atoms with E-state index in [0.29, 0.717) is 61.1 Å². The lowest BCUT2D eigenvalue weighted by Crippen LogP contribution is -2.44. The number of hydrogen-bond acceptors (Lipinski definition) is 5. The first-order valence-corrected chi connectivity index (χ1v) is 12.0.